The van der Waals surface area contributed by atoms with E-state index in [0.29, 0.717) is 23.4 Å². The van der Waals surface area contributed by atoms with Gasteiger partial charge in [-0.2, -0.15) is 0 Å². The topological polar surface area (TPSA) is 73.8 Å². The van der Waals surface area contributed by atoms with Crippen molar-refractivity contribution in [2.45, 2.75) is 11.3 Å². The van der Waals surface area contributed by atoms with Crippen molar-refractivity contribution in [3.05, 3.63) is 83.9 Å². The Morgan fingerprint density at radius 1 is 0.947 bits per heavy atom. The first-order valence-corrected chi connectivity index (χ1v) is 13.7. The maximum absolute atomic E-state index is 14.3. The molecule has 0 aliphatic rings. The number of benzene rings is 3. The minimum absolute atomic E-state index is 0. The van der Waals surface area contributed by atoms with Crippen LogP contribution in [0.1, 0.15) is 16.8 Å². The molecular weight excluding hydrogens is 554 g/mol. The van der Waals surface area contributed by atoms with Gasteiger partial charge in [0.1, 0.15) is 11.3 Å². The number of halogens is 3. The quantitative estimate of drug-likeness (QED) is 0.264. The van der Waals surface area contributed by atoms with Crippen molar-refractivity contribution in [1.29, 1.82) is 0 Å². The summed E-state index contributed by atoms with van der Waals surface area (Å²) in [4.78, 5) is 21.2. The van der Waals surface area contributed by atoms with E-state index in [1.54, 1.807) is 30.3 Å². The summed E-state index contributed by atoms with van der Waals surface area (Å²) < 4.78 is 55.6. The van der Waals surface area contributed by atoms with Gasteiger partial charge >= 0.3 is 0 Å². The minimum atomic E-state index is -3.84. The number of aromatic nitrogens is 1. The number of anilines is 2. The lowest BCUT2D eigenvalue weighted by Crippen LogP contribution is -2.33. The second kappa shape index (κ2) is 12.2. The van der Waals surface area contributed by atoms with Gasteiger partial charge in [-0.25, -0.2) is 22.2 Å². The SMILES string of the molecule is CN(C)CCCN(C(=O)c1ccc(S(=O)(=O)N(C)c2ccccc2)cc1)c1nc2c(F)cc(F)cc2s1.Cl. The van der Waals surface area contributed by atoms with Gasteiger partial charge < -0.3 is 4.90 Å². The van der Waals surface area contributed by atoms with Gasteiger partial charge in [-0.05, 0) is 69.5 Å². The van der Waals surface area contributed by atoms with Crippen molar-refractivity contribution in [1.82, 2.24) is 9.88 Å². The molecule has 0 fully saturated rings. The molecule has 0 N–H and O–H groups in total. The number of amides is 1. The summed E-state index contributed by atoms with van der Waals surface area (Å²) >= 11 is 1.02. The lowest BCUT2D eigenvalue weighted by atomic mass is 10.2. The summed E-state index contributed by atoms with van der Waals surface area (Å²) in [5.74, 6) is -1.93. The van der Waals surface area contributed by atoms with E-state index in [1.807, 2.05) is 19.0 Å². The first-order valence-electron chi connectivity index (χ1n) is 11.4. The number of para-hydroxylation sites is 1. The molecule has 38 heavy (non-hydrogen) atoms. The van der Waals surface area contributed by atoms with E-state index >= 15 is 0 Å². The van der Waals surface area contributed by atoms with Crippen LogP contribution in [-0.4, -0.2) is 58.4 Å². The molecule has 0 spiro atoms. The first-order chi connectivity index (χ1) is 17.6. The molecular formula is C26H27ClF2N4O3S2. The number of carbonyl (C=O) groups excluding carboxylic acids is 1. The van der Waals surface area contributed by atoms with Crippen molar-refractivity contribution in [2.75, 3.05) is 43.4 Å². The van der Waals surface area contributed by atoms with Crippen LogP contribution in [0.3, 0.4) is 0 Å². The molecule has 0 radical (unpaired) electrons. The predicted octanol–water partition coefficient (Wildman–Crippen LogP) is 5.42. The Morgan fingerprint density at radius 3 is 2.24 bits per heavy atom. The van der Waals surface area contributed by atoms with Gasteiger partial charge in [-0.15, -0.1) is 12.4 Å². The van der Waals surface area contributed by atoms with Crippen LogP contribution in [-0.2, 0) is 10.0 Å². The number of fused-ring (bicyclic) bond motifs is 1. The molecule has 1 aromatic heterocycles. The molecule has 1 heterocycles. The lowest BCUT2D eigenvalue weighted by molar-refractivity contribution is 0.0986. The smallest absolute Gasteiger partial charge is 0.264 e. The van der Waals surface area contributed by atoms with E-state index in [2.05, 4.69) is 4.98 Å². The molecule has 3 aromatic carbocycles. The highest BCUT2D eigenvalue weighted by atomic mass is 35.5. The zero-order chi connectivity index (χ0) is 26.7. The third kappa shape index (κ3) is 6.29. The number of thiazole rings is 1. The molecule has 0 aliphatic heterocycles. The Labute approximate surface area is 230 Å². The van der Waals surface area contributed by atoms with E-state index in [1.165, 1.54) is 46.6 Å². The molecule has 4 aromatic rings. The number of hydrogen-bond donors (Lipinski definition) is 0. The van der Waals surface area contributed by atoms with E-state index in [-0.39, 0.29) is 40.1 Å². The van der Waals surface area contributed by atoms with Crippen molar-refractivity contribution >= 4 is 60.7 Å². The average molecular weight is 581 g/mol. The highest BCUT2D eigenvalue weighted by Gasteiger charge is 2.25. The Bertz CT molecular complexity index is 1520. The minimum Gasteiger partial charge on any atom is -0.309 e. The average Bonchev–Trinajstić information content (AvgIpc) is 3.30. The molecule has 4 rings (SSSR count). The zero-order valence-electron chi connectivity index (χ0n) is 21.0. The van der Waals surface area contributed by atoms with Crippen LogP contribution in [0, 0.1) is 11.6 Å². The highest BCUT2D eigenvalue weighted by molar-refractivity contribution is 7.92. The monoisotopic (exact) mass is 580 g/mol. The Balaban J connectivity index is 0.00000400. The number of rotatable bonds is 9. The largest absolute Gasteiger partial charge is 0.309 e. The van der Waals surface area contributed by atoms with Gasteiger partial charge in [0.05, 0.1) is 15.3 Å². The molecule has 202 valence electrons. The Morgan fingerprint density at radius 2 is 1.61 bits per heavy atom. The molecule has 0 bridgehead atoms. The summed E-state index contributed by atoms with van der Waals surface area (Å²) in [5, 5.41) is 0.240. The van der Waals surface area contributed by atoms with Crippen LogP contribution < -0.4 is 9.21 Å². The number of carbonyl (C=O) groups is 1. The normalized spacial score (nSPS) is 11.4. The first kappa shape index (κ1) is 29.4. The van der Waals surface area contributed by atoms with Gasteiger partial charge in [0, 0.05) is 25.2 Å². The molecule has 7 nitrogen and oxygen atoms in total. The molecule has 0 saturated carbocycles. The maximum Gasteiger partial charge on any atom is 0.264 e. The van der Waals surface area contributed by atoms with E-state index < -0.39 is 27.6 Å². The molecule has 0 saturated heterocycles. The van der Waals surface area contributed by atoms with Crippen LogP contribution in [0.15, 0.2) is 71.6 Å². The molecule has 0 atom stereocenters. The maximum atomic E-state index is 14.3. The Hall–Kier alpha value is -3.12. The van der Waals surface area contributed by atoms with Gasteiger partial charge in [0.2, 0.25) is 0 Å². The van der Waals surface area contributed by atoms with Crippen LogP contribution in [0.5, 0.6) is 0 Å². The number of nitrogens with zero attached hydrogens (tertiary/aromatic N) is 4. The second-order valence-electron chi connectivity index (χ2n) is 8.68. The summed E-state index contributed by atoms with van der Waals surface area (Å²) in [6.45, 7) is 0.985. The van der Waals surface area contributed by atoms with Crippen LogP contribution in [0.25, 0.3) is 10.2 Å². The predicted molar refractivity (Wildman–Crippen MR) is 150 cm³/mol. The van der Waals surface area contributed by atoms with E-state index in [4.69, 9.17) is 0 Å². The summed E-state index contributed by atoms with van der Waals surface area (Å²) in [6.07, 6.45) is 0.611. The fraction of sp³-hybridized carbons (Fsp3) is 0.231. The summed E-state index contributed by atoms with van der Waals surface area (Å²) in [6, 6.07) is 16.3. The number of sulfonamides is 1. The van der Waals surface area contributed by atoms with Crippen LogP contribution >= 0.6 is 23.7 Å². The fourth-order valence-electron chi connectivity index (χ4n) is 3.75. The third-order valence-corrected chi connectivity index (χ3v) is 8.57. The van der Waals surface area contributed by atoms with Crippen molar-refractivity contribution in [3.63, 3.8) is 0 Å². The van der Waals surface area contributed by atoms with Crippen molar-refractivity contribution < 1.29 is 22.0 Å². The van der Waals surface area contributed by atoms with Gasteiger partial charge in [0.25, 0.3) is 15.9 Å². The molecule has 12 heteroatoms. The van der Waals surface area contributed by atoms with Crippen LogP contribution in [0.4, 0.5) is 19.6 Å². The third-order valence-electron chi connectivity index (χ3n) is 5.74. The zero-order valence-corrected chi connectivity index (χ0v) is 23.4. The van der Waals surface area contributed by atoms with Crippen LogP contribution in [0.2, 0.25) is 0 Å². The Kier molecular flexibility index (Phi) is 9.42. The van der Waals surface area contributed by atoms with Gasteiger partial charge in [-0.3, -0.25) is 14.0 Å². The highest BCUT2D eigenvalue weighted by Crippen LogP contribution is 2.32. The number of hydrogen-bond acceptors (Lipinski definition) is 6. The van der Waals surface area contributed by atoms with E-state index in [9.17, 15) is 22.0 Å². The fourth-order valence-corrected chi connectivity index (χ4v) is 5.98. The molecule has 0 aliphatic carbocycles. The van der Waals surface area contributed by atoms with Crippen molar-refractivity contribution in [3.8, 4) is 0 Å². The van der Waals surface area contributed by atoms with Gasteiger partial charge in [0.15, 0.2) is 10.9 Å². The lowest BCUT2D eigenvalue weighted by Gasteiger charge is -2.22. The molecule has 1 amide bonds. The van der Waals surface area contributed by atoms with Gasteiger partial charge in [-0.1, -0.05) is 29.5 Å². The van der Waals surface area contributed by atoms with Crippen molar-refractivity contribution in [2.24, 2.45) is 0 Å². The summed E-state index contributed by atoms with van der Waals surface area (Å²) in [7, 11) is 1.44. The molecule has 0 unspecified atom stereocenters. The standard InChI is InChI=1S/C26H26F2N4O3S2.ClH/c1-30(2)14-7-15-32(26-29-24-22(28)16-19(27)17-23(24)36-26)25(33)18-10-12-21(13-11-18)37(34,35)31(3)20-8-5-4-6-9-20;/h4-6,8-13,16-17H,7,14-15H2,1-3H3;1H. The second-order valence-corrected chi connectivity index (χ2v) is 11.7. The summed E-state index contributed by atoms with van der Waals surface area (Å²) in [5.41, 5.74) is 0.753. The van der Waals surface area contributed by atoms with E-state index in [0.717, 1.165) is 17.4 Å².